The number of carbonyl (C=O) groups is 1. The fourth-order valence-corrected chi connectivity index (χ4v) is 9.62. The maximum Gasteiger partial charge on any atom is 0.308 e. The Bertz CT molecular complexity index is 585. The lowest BCUT2D eigenvalue weighted by Crippen LogP contribution is -2.43. The molecule has 1 aromatic rings. The van der Waals surface area contributed by atoms with Gasteiger partial charge in [-0.15, -0.1) is 0 Å². The minimum Gasteiger partial charge on any atom is -0.466 e. The van der Waals surface area contributed by atoms with Crippen molar-refractivity contribution in [3.63, 3.8) is 0 Å². The number of carbonyl (C=O) groups excluding carboxylic acids is 1. The second kappa shape index (κ2) is 18.2. The minimum absolute atomic E-state index is 0.00961. The first-order valence-corrected chi connectivity index (χ1v) is 16.1. The molecule has 0 aromatic heterocycles. The van der Waals surface area contributed by atoms with Gasteiger partial charge in [-0.2, -0.15) is 0 Å². The Hall–Kier alpha value is -1.17. The van der Waals surface area contributed by atoms with Gasteiger partial charge in [-0.1, -0.05) is 89.6 Å². The molecule has 190 valence electrons. The monoisotopic (exact) mass is 478 g/mol. The quantitative estimate of drug-likeness (QED) is 0.156. The summed E-state index contributed by atoms with van der Waals surface area (Å²) >= 11 is 0. The number of rotatable bonds is 20. The van der Waals surface area contributed by atoms with Crippen molar-refractivity contribution >= 4 is 14.3 Å². The normalized spacial score (nSPS) is 13.6. The third-order valence-corrected chi connectivity index (χ3v) is 11.1. The van der Waals surface area contributed by atoms with Gasteiger partial charge in [-0.25, -0.2) is 0 Å². The summed E-state index contributed by atoms with van der Waals surface area (Å²) in [6.07, 6.45) is 10.1. The van der Waals surface area contributed by atoms with Gasteiger partial charge in [0, 0.05) is 6.10 Å². The maximum absolute atomic E-state index is 11.9. The minimum atomic E-state index is -1.90. The predicted molar refractivity (Wildman–Crippen MR) is 141 cm³/mol. The molecule has 0 aliphatic heterocycles. The molecule has 0 radical (unpaired) electrons. The zero-order chi connectivity index (χ0) is 24.4. The molecule has 0 spiro atoms. The van der Waals surface area contributed by atoms with Crippen molar-refractivity contribution in [2.75, 3.05) is 6.61 Å². The van der Waals surface area contributed by atoms with Gasteiger partial charge in [0.25, 0.3) is 0 Å². The first-order chi connectivity index (χ1) is 16.0. The van der Waals surface area contributed by atoms with E-state index in [1.807, 2.05) is 0 Å². The van der Waals surface area contributed by atoms with E-state index in [1.165, 1.54) is 62.2 Å². The van der Waals surface area contributed by atoms with Crippen molar-refractivity contribution in [3.05, 3.63) is 35.9 Å². The molecule has 0 amide bonds. The van der Waals surface area contributed by atoms with Crippen molar-refractivity contribution in [2.24, 2.45) is 0 Å². The highest BCUT2D eigenvalue weighted by Crippen LogP contribution is 2.33. The van der Waals surface area contributed by atoms with Gasteiger partial charge < -0.3 is 14.3 Å². The Balaban J connectivity index is 2.94. The van der Waals surface area contributed by atoms with Crippen LogP contribution in [0.5, 0.6) is 0 Å². The van der Waals surface area contributed by atoms with Gasteiger partial charge in [-0.05, 0) is 56.3 Å². The number of unbranched alkanes of at least 4 members (excludes halogenated alkanes) is 3. The lowest BCUT2D eigenvalue weighted by Gasteiger charge is -2.37. The van der Waals surface area contributed by atoms with Crippen LogP contribution in [0.1, 0.15) is 97.5 Å². The highest BCUT2D eigenvalue weighted by molar-refractivity contribution is 6.73. The first-order valence-electron chi connectivity index (χ1n) is 13.5. The van der Waals surface area contributed by atoms with Crippen LogP contribution in [-0.2, 0) is 20.4 Å². The molecule has 0 saturated carbocycles. The summed E-state index contributed by atoms with van der Waals surface area (Å²) in [5.74, 6) is -0.320. The van der Waals surface area contributed by atoms with Crippen molar-refractivity contribution in [2.45, 2.75) is 129 Å². The van der Waals surface area contributed by atoms with Gasteiger partial charge in [-0.3, -0.25) is 4.79 Å². The lowest BCUT2D eigenvalue weighted by molar-refractivity contribution is -0.145. The average molecular weight is 479 g/mol. The van der Waals surface area contributed by atoms with E-state index >= 15 is 0 Å². The van der Waals surface area contributed by atoms with E-state index in [0.717, 1.165) is 19.3 Å². The molecule has 0 heterocycles. The van der Waals surface area contributed by atoms with E-state index in [4.69, 9.17) is 9.16 Å². The Labute approximate surface area is 204 Å². The standard InChI is InChI=1S/C28H50O4Si/c1-5-9-20-33(21-10-6-2,22-11-7-3)32-27(23-26(29)24-28(30)31-8-4)19-15-18-25-16-13-12-14-17-25/h12-14,16-17,26-27,29H,5-11,15,18-24H2,1-4H3/t26-,27+/m0/s1. The maximum atomic E-state index is 11.9. The molecular formula is C28H50O4Si. The van der Waals surface area contributed by atoms with Crippen LogP contribution in [0, 0.1) is 0 Å². The fourth-order valence-electron chi connectivity index (χ4n) is 4.60. The van der Waals surface area contributed by atoms with Gasteiger partial charge in [0.2, 0.25) is 0 Å². The van der Waals surface area contributed by atoms with Crippen molar-refractivity contribution in [1.82, 2.24) is 0 Å². The summed E-state index contributed by atoms with van der Waals surface area (Å²) in [6.45, 7) is 8.94. The molecule has 0 saturated heterocycles. The average Bonchev–Trinajstić information content (AvgIpc) is 2.80. The molecule has 1 aromatic carbocycles. The zero-order valence-electron chi connectivity index (χ0n) is 21.8. The summed E-state index contributed by atoms with van der Waals surface area (Å²) in [6, 6.07) is 14.2. The Morgan fingerprint density at radius 2 is 1.48 bits per heavy atom. The van der Waals surface area contributed by atoms with Gasteiger partial charge in [0.05, 0.1) is 19.1 Å². The van der Waals surface area contributed by atoms with Crippen LogP contribution in [0.25, 0.3) is 0 Å². The first kappa shape index (κ1) is 29.9. The number of ether oxygens (including phenoxy) is 1. The predicted octanol–water partition coefficient (Wildman–Crippen LogP) is 7.44. The summed E-state index contributed by atoms with van der Waals surface area (Å²) in [7, 11) is -1.90. The Kier molecular flexibility index (Phi) is 16.5. The highest BCUT2D eigenvalue weighted by Gasteiger charge is 2.36. The number of esters is 1. The van der Waals surface area contributed by atoms with Crippen LogP contribution in [0.3, 0.4) is 0 Å². The van der Waals surface area contributed by atoms with Crippen molar-refractivity contribution in [1.29, 1.82) is 0 Å². The summed E-state index contributed by atoms with van der Waals surface area (Å²) in [5, 5.41) is 10.7. The fraction of sp³-hybridized carbons (Fsp3) is 0.750. The van der Waals surface area contributed by atoms with E-state index < -0.39 is 14.4 Å². The number of aliphatic hydroxyl groups is 1. The molecule has 0 aliphatic rings. The topological polar surface area (TPSA) is 55.8 Å². The van der Waals surface area contributed by atoms with Crippen LogP contribution in [0.2, 0.25) is 18.1 Å². The van der Waals surface area contributed by atoms with Gasteiger partial charge in [0.1, 0.15) is 0 Å². The lowest BCUT2D eigenvalue weighted by atomic mass is 10.0. The second-order valence-electron chi connectivity index (χ2n) is 9.51. The molecule has 1 rings (SSSR count). The molecule has 33 heavy (non-hydrogen) atoms. The van der Waals surface area contributed by atoms with E-state index in [-0.39, 0.29) is 18.5 Å². The van der Waals surface area contributed by atoms with Crippen LogP contribution in [0.15, 0.2) is 30.3 Å². The van der Waals surface area contributed by atoms with Crippen LogP contribution >= 0.6 is 0 Å². The second-order valence-corrected chi connectivity index (χ2v) is 13.6. The van der Waals surface area contributed by atoms with E-state index in [0.29, 0.717) is 13.0 Å². The molecule has 2 atom stereocenters. The number of benzene rings is 1. The van der Waals surface area contributed by atoms with E-state index in [1.54, 1.807) is 6.92 Å². The zero-order valence-corrected chi connectivity index (χ0v) is 22.8. The smallest absolute Gasteiger partial charge is 0.308 e. The number of aryl methyl sites for hydroxylation is 1. The van der Waals surface area contributed by atoms with Crippen LogP contribution in [-0.4, -0.2) is 38.2 Å². The molecule has 0 aliphatic carbocycles. The number of hydrogen-bond donors (Lipinski definition) is 1. The number of aliphatic hydroxyl groups excluding tert-OH is 1. The van der Waals surface area contributed by atoms with Gasteiger partial charge >= 0.3 is 5.97 Å². The molecular weight excluding hydrogens is 428 g/mol. The van der Waals surface area contributed by atoms with E-state index in [2.05, 4.69) is 51.1 Å². The third kappa shape index (κ3) is 13.3. The molecule has 0 fully saturated rings. The van der Waals surface area contributed by atoms with Crippen LogP contribution < -0.4 is 0 Å². The number of hydrogen-bond acceptors (Lipinski definition) is 4. The molecule has 1 N–H and O–H groups in total. The van der Waals surface area contributed by atoms with Crippen molar-refractivity contribution in [3.8, 4) is 0 Å². The SMILES string of the molecule is CCCC[Si](CCCC)(CCCC)O[C@H](CCCc1ccccc1)C[C@H](O)CC(=O)OCC. The summed E-state index contributed by atoms with van der Waals surface area (Å²) in [5.41, 5.74) is 1.34. The third-order valence-electron chi connectivity index (χ3n) is 6.45. The highest BCUT2D eigenvalue weighted by atomic mass is 28.4. The van der Waals surface area contributed by atoms with Crippen LogP contribution in [0.4, 0.5) is 0 Å². The molecule has 0 unspecified atom stereocenters. The van der Waals surface area contributed by atoms with Crippen molar-refractivity contribution < 1.29 is 19.1 Å². The Morgan fingerprint density at radius 1 is 0.909 bits per heavy atom. The molecule has 5 heteroatoms. The Morgan fingerprint density at radius 3 is 2.00 bits per heavy atom. The summed E-state index contributed by atoms with van der Waals surface area (Å²) < 4.78 is 12.2. The molecule has 4 nitrogen and oxygen atoms in total. The summed E-state index contributed by atoms with van der Waals surface area (Å²) in [4.78, 5) is 11.9. The molecule has 0 bridgehead atoms. The van der Waals surface area contributed by atoms with Gasteiger partial charge in [0.15, 0.2) is 8.32 Å². The largest absolute Gasteiger partial charge is 0.466 e. The van der Waals surface area contributed by atoms with E-state index in [9.17, 15) is 9.90 Å².